The molecule has 1 saturated heterocycles. The van der Waals surface area contributed by atoms with Gasteiger partial charge < -0.3 is 9.80 Å². The average Bonchev–Trinajstić information content (AvgIpc) is 3.15. The SMILES string of the molecule is CCCn1c(N2CCN(c3ccccn3)CC2)nc2sc3c(c2c1=O)CCCC3. The highest BCUT2D eigenvalue weighted by atomic mass is 32.1. The van der Waals surface area contributed by atoms with E-state index in [-0.39, 0.29) is 5.56 Å². The Balaban J connectivity index is 1.50. The molecule has 0 N–H and O–H groups in total. The lowest BCUT2D eigenvalue weighted by molar-refractivity contribution is 0.585. The first-order chi connectivity index (χ1) is 14.3. The van der Waals surface area contributed by atoms with Crippen LogP contribution < -0.4 is 15.4 Å². The third-order valence-electron chi connectivity index (χ3n) is 6.04. The molecule has 5 rings (SSSR count). The molecule has 6 nitrogen and oxygen atoms in total. The number of hydrogen-bond donors (Lipinski definition) is 0. The second-order valence-corrected chi connectivity index (χ2v) is 9.01. The van der Waals surface area contributed by atoms with Crippen LogP contribution >= 0.6 is 11.3 Å². The topological polar surface area (TPSA) is 54.3 Å². The molecule has 0 atom stereocenters. The number of rotatable bonds is 4. The van der Waals surface area contributed by atoms with Gasteiger partial charge in [0.1, 0.15) is 10.6 Å². The maximum Gasteiger partial charge on any atom is 0.263 e. The monoisotopic (exact) mass is 409 g/mol. The van der Waals surface area contributed by atoms with Crippen molar-refractivity contribution in [2.45, 2.75) is 45.6 Å². The van der Waals surface area contributed by atoms with E-state index in [1.807, 2.05) is 22.9 Å². The van der Waals surface area contributed by atoms with Crippen LogP contribution in [-0.2, 0) is 19.4 Å². The highest BCUT2D eigenvalue weighted by molar-refractivity contribution is 7.18. The van der Waals surface area contributed by atoms with E-state index in [9.17, 15) is 4.79 Å². The van der Waals surface area contributed by atoms with Gasteiger partial charge in [-0.1, -0.05) is 13.0 Å². The van der Waals surface area contributed by atoms with Gasteiger partial charge >= 0.3 is 0 Å². The van der Waals surface area contributed by atoms with Gasteiger partial charge in [0.05, 0.1) is 5.39 Å². The predicted octanol–water partition coefficient (Wildman–Crippen LogP) is 3.47. The molecule has 152 valence electrons. The molecule has 7 heteroatoms. The number of aromatic nitrogens is 3. The van der Waals surface area contributed by atoms with Crippen molar-refractivity contribution >= 4 is 33.3 Å². The summed E-state index contributed by atoms with van der Waals surface area (Å²) in [6.45, 7) is 6.33. The van der Waals surface area contributed by atoms with Crippen LogP contribution in [0.1, 0.15) is 36.6 Å². The van der Waals surface area contributed by atoms with E-state index < -0.39 is 0 Å². The summed E-state index contributed by atoms with van der Waals surface area (Å²) in [6, 6.07) is 6.04. The smallest absolute Gasteiger partial charge is 0.263 e. The van der Waals surface area contributed by atoms with Crippen molar-refractivity contribution in [2.75, 3.05) is 36.0 Å². The van der Waals surface area contributed by atoms with Crippen LogP contribution in [0, 0.1) is 0 Å². The number of anilines is 2. The van der Waals surface area contributed by atoms with Crippen molar-refractivity contribution in [3.63, 3.8) is 0 Å². The van der Waals surface area contributed by atoms with Crippen molar-refractivity contribution < 1.29 is 0 Å². The van der Waals surface area contributed by atoms with Crippen LogP contribution in [0.5, 0.6) is 0 Å². The van der Waals surface area contributed by atoms with E-state index in [1.165, 1.54) is 23.3 Å². The van der Waals surface area contributed by atoms with E-state index in [2.05, 4.69) is 27.8 Å². The van der Waals surface area contributed by atoms with Gasteiger partial charge in [-0.3, -0.25) is 9.36 Å². The van der Waals surface area contributed by atoms with Crippen molar-refractivity contribution in [1.29, 1.82) is 0 Å². The summed E-state index contributed by atoms with van der Waals surface area (Å²) in [7, 11) is 0. The van der Waals surface area contributed by atoms with Gasteiger partial charge in [0.25, 0.3) is 5.56 Å². The zero-order valence-electron chi connectivity index (χ0n) is 16.9. The summed E-state index contributed by atoms with van der Waals surface area (Å²) in [4.78, 5) is 29.9. The van der Waals surface area contributed by atoms with Crippen LogP contribution in [0.3, 0.4) is 0 Å². The maximum absolute atomic E-state index is 13.5. The van der Waals surface area contributed by atoms with E-state index in [0.717, 1.165) is 74.0 Å². The average molecular weight is 410 g/mol. The first-order valence-corrected chi connectivity index (χ1v) is 11.5. The molecule has 1 aliphatic heterocycles. The molecule has 0 saturated carbocycles. The van der Waals surface area contributed by atoms with Gasteiger partial charge in [-0.25, -0.2) is 9.97 Å². The van der Waals surface area contributed by atoms with Gasteiger partial charge in [0.15, 0.2) is 0 Å². The Hall–Kier alpha value is -2.41. The molecule has 0 aromatic carbocycles. The summed E-state index contributed by atoms with van der Waals surface area (Å²) >= 11 is 1.74. The lowest BCUT2D eigenvalue weighted by Gasteiger charge is -2.36. The molecular formula is C22H27N5OS. The number of thiophene rings is 1. The molecule has 1 fully saturated rings. The van der Waals surface area contributed by atoms with Crippen LogP contribution in [0.25, 0.3) is 10.2 Å². The minimum Gasteiger partial charge on any atom is -0.353 e. The summed E-state index contributed by atoms with van der Waals surface area (Å²) in [5, 5.41) is 0.897. The van der Waals surface area contributed by atoms with Gasteiger partial charge in [0, 0.05) is 43.8 Å². The summed E-state index contributed by atoms with van der Waals surface area (Å²) in [5.41, 5.74) is 1.45. The Morgan fingerprint density at radius 3 is 2.62 bits per heavy atom. The van der Waals surface area contributed by atoms with Gasteiger partial charge in [-0.15, -0.1) is 11.3 Å². The maximum atomic E-state index is 13.5. The molecular weight excluding hydrogens is 382 g/mol. The fraction of sp³-hybridized carbons (Fsp3) is 0.500. The molecule has 0 radical (unpaired) electrons. The molecule has 0 bridgehead atoms. The third kappa shape index (κ3) is 3.31. The first kappa shape index (κ1) is 18.6. The lowest BCUT2D eigenvalue weighted by atomic mass is 9.97. The second-order valence-electron chi connectivity index (χ2n) is 7.92. The number of piperazine rings is 1. The van der Waals surface area contributed by atoms with Crippen molar-refractivity contribution in [3.05, 3.63) is 45.2 Å². The van der Waals surface area contributed by atoms with Gasteiger partial charge in [0.2, 0.25) is 5.95 Å². The van der Waals surface area contributed by atoms with Gasteiger partial charge in [-0.2, -0.15) is 0 Å². The van der Waals surface area contributed by atoms with Crippen LogP contribution in [0.15, 0.2) is 29.2 Å². The Morgan fingerprint density at radius 1 is 1.07 bits per heavy atom. The van der Waals surface area contributed by atoms with Crippen molar-refractivity contribution in [3.8, 4) is 0 Å². The second kappa shape index (κ2) is 7.78. The first-order valence-electron chi connectivity index (χ1n) is 10.7. The number of fused-ring (bicyclic) bond motifs is 3. The Bertz CT molecular complexity index is 1070. The highest BCUT2D eigenvalue weighted by Gasteiger charge is 2.26. The van der Waals surface area contributed by atoms with Crippen molar-refractivity contribution in [1.82, 2.24) is 14.5 Å². The minimum atomic E-state index is 0.165. The quantitative estimate of drug-likeness (QED) is 0.660. The van der Waals surface area contributed by atoms with E-state index in [0.29, 0.717) is 0 Å². The molecule has 4 heterocycles. The number of pyridine rings is 1. The molecule has 0 spiro atoms. The fourth-order valence-electron chi connectivity index (χ4n) is 4.57. The zero-order chi connectivity index (χ0) is 19.8. The Morgan fingerprint density at radius 2 is 1.86 bits per heavy atom. The third-order valence-corrected chi connectivity index (χ3v) is 7.22. The molecule has 1 aliphatic carbocycles. The highest BCUT2D eigenvalue weighted by Crippen LogP contribution is 2.34. The molecule has 2 aliphatic rings. The largest absolute Gasteiger partial charge is 0.353 e. The normalized spacial score (nSPS) is 17.0. The minimum absolute atomic E-state index is 0.165. The van der Waals surface area contributed by atoms with E-state index in [4.69, 9.17) is 4.98 Å². The number of hydrogen-bond acceptors (Lipinski definition) is 6. The number of aryl methyl sites for hydroxylation is 2. The van der Waals surface area contributed by atoms with E-state index in [1.54, 1.807) is 11.3 Å². The molecule has 29 heavy (non-hydrogen) atoms. The van der Waals surface area contributed by atoms with Crippen LogP contribution in [-0.4, -0.2) is 40.7 Å². The zero-order valence-corrected chi connectivity index (χ0v) is 17.7. The summed E-state index contributed by atoms with van der Waals surface area (Å²) in [5.74, 6) is 1.87. The van der Waals surface area contributed by atoms with Crippen LogP contribution in [0.4, 0.5) is 11.8 Å². The molecule has 3 aromatic heterocycles. The predicted molar refractivity (Wildman–Crippen MR) is 119 cm³/mol. The fourth-order valence-corrected chi connectivity index (χ4v) is 5.82. The van der Waals surface area contributed by atoms with Crippen LogP contribution in [0.2, 0.25) is 0 Å². The lowest BCUT2D eigenvalue weighted by Crippen LogP contribution is -2.48. The summed E-state index contributed by atoms with van der Waals surface area (Å²) < 4.78 is 1.93. The molecule has 3 aromatic rings. The van der Waals surface area contributed by atoms with Crippen molar-refractivity contribution in [2.24, 2.45) is 0 Å². The standard InChI is InChI=1S/C22H27N5OS/c1-2-11-27-21(28)19-16-7-3-4-8-17(16)29-20(19)24-22(27)26-14-12-25(13-15-26)18-9-5-6-10-23-18/h5-6,9-10H,2-4,7-8,11-15H2,1H3. The van der Waals surface area contributed by atoms with Gasteiger partial charge in [-0.05, 0) is 49.8 Å². The summed E-state index contributed by atoms with van der Waals surface area (Å²) in [6.07, 6.45) is 7.31. The Kier molecular flexibility index (Phi) is 4.99. The van der Waals surface area contributed by atoms with E-state index >= 15 is 0 Å². The molecule has 0 amide bonds. The number of nitrogens with zero attached hydrogens (tertiary/aromatic N) is 5. The Labute approximate surface area is 174 Å². The molecule has 0 unspecified atom stereocenters.